The third-order valence-electron chi connectivity index (χ3n) is 4.66. The van der Waals surface area contributed by atoms with Crippen LogP contribution in [0.4, 0.5) is 4.39 Å². The highest BCUT2D eigenvalue weighted by Gasteiger charge is 2.24. The number of nitrogens with one attached hydrogen (secondary N) is 1. The molecular formula is C19H23ClFN3O3. The summed E-state index contributed by atoms with van der Waals surface area (Å²) in [5, 5.41) is 16.2. The van der Waals surface area contributed by atoms with Gasteiger partial charge < -0.3 is 10.4 Å². The van der Waals surface area contributed by atoms with Crippen molar-refractivity contribution in [3.8, 4) is 0 Å². The molecule has 0 aliphatic heterocycles. The molecule has 0 spiro atoms. The quantitative estimate of drug-likeness (QED) is 0.753. The Kier molecular flexibility index (Phi) is 6.59. The van der Waals surface area contributed by atoms with Gasteiger partial charge in [-0.05, 0) is 43.5 Å². The number of benzene rings is 1. The van der Waals surface area contributed by atoms with Crippen molar-refractivity contribution in [2.45, 2.75) is 39.7 Å². The normalized spacial score (nSPS) is 13.3. The maximum absolute atomic E-state index is 13.8. The second kappa shape index (κ2) is 8.52. The summed E-state index contributed by atoms with van der Waals surface area (Å²) in [5.41, 5.74) is 3.19. The molecule has 0 aliphatic carbocycles. The van der Waals surface area contributed by atoms with Crippen LogP contribution in [-0.2, 0) is 23.1 Å². The first-order chi connectivity index (χ1) is 12.6. The largest absolute Gasteiger partial charge is 0.481 e. The number of carboxylic acid groups (broad SMARTS) is 1. The second-order valence-corrected chi connectivity index (χ2v) is 7.12. The molecule has 1 heterocycles. The standard InChI is InChI=1S/C19H23ClFN3O3/c1-10(7-14-11(2)23-24(4)12(14)3)19(27)22-17(9-18(25)26)13-5-6-15(20)16(21)8-13/h5-6,8,10,17H,7,9H2,1-4H3,(H,22,27)(H,25,26). The third kappa shape index (κ3) is 5.07. The molecular weight excluding hydrogens is 373 g/mol. The van der Waals surface area contributed by atoms with E-state index in [1.807, 2.05) is 20.9 Å². The van der Waals surface area contributed by atoms with Gasteiger partial charge in [-0.15, -0.1) is 0 Å². The fraction of sp³-hybridized carbons (Fsp3) is 0.421. The summed E-state index contributed by atoms with van der Waals surface area (Å²) in [5.74, 6) is -2.46. The van der Waals surface area contributed by atoms with Gasteiger partial charge in [-0.2, -0.15) is 5.10 Å². The molecule has 146 valence electrons. The number of hydrogen-bond donors (Lipinski definition) is 2. The molecule has 2 unspecified atom stereocenters. The molecule has 8 heteroatoms. The average molecular weight is 396 g/mol. The number of halogens is 2. The molecule has 0 aliphatic rings. The lowest BCUT2D eigenvalue weighted by Crippen LogP contribution is -2.35. The first-order valence-corrected chi connectivity index (χ1v) is 8.94. The molecule has 6 nitrogen and oxygen atoms in total. The minimum absolute atomic E-state index is 0.0601. The first kappa shape index (κ1) is 20.9. The number of amides is 1. The van der Waals surface area contributed by atoms with Crippen LogP contribution in [0, 0.1) is 25.6 Å². The minimum atomic E-state index is -1.10. The first-order valence-electron chi connectivity index (χ1n) is 8.56. The van der Waals surface area contributed by atoms with Crippen molar-refractivity contribution in [1.82, 2.24) is 15.1 Å². The lowest BCUT2D eigenvalue weighted by Gasteiger charge is -2.20. The van der Waals surface area contributed by atoms with Gasteiger partial charge >= 0.3 is 5.97 Å². The maximum Gasteiger partial charge on any atom is 0.305 e. The molecule has 0 fully saturated rings. The van der Waals surface area contributed by atoms with E-state index < -0.39 is 23.7 Å². The van der Waals surface area contributed by atoms with Crippen LogP contribution in [-0.4, -0.2) is 26.8 Å². The summed E-state index contributed by atoms with van der Waals surface area (Å²) >= 11 is 5.68. The smallest absolute Gasteiger partial charge is 0.305 e. The summed E-state index contributed by atoms with van der Waals surface area (Å²) in [6.45, 7) is 5.59. The van der Waals surface area contributed by atoms with E-state index in [1.54, 1.807) is 11.6 Å². The lowest BCUT2D eigenvalue weighted by atomic mass is 9.97. The Hall–Kier alpha value is -2.41. The van der Waals surface area contributed by atoms with Crippen molar-refractivity contribution in [3.63, 3.8) is 0 Å². The molecule has 0 saturated carbocycles. The van der Waals surface area contributed by atoms with Gasteiger partial charge in [-0.25, -0.2) is 4.39 Å². The fourth-order valence-electron chi connectivity index (χ4n) is 2.98. The zero-order valence-electron chi connectivity index (χ0n) is 15.7. The van der Waals surface area contributed by atoms with Gasteiger partial charge in [0.15, 0.2) is 0 Å². The third-order valence-corrected chi connectivity index (χ3v) is 4.96. The monoisotopic (exact) mass is 395 g/mol. The van der Waals surface area contributed by atoms with Crippen LogP contribution >= 0.6 is 11.6 Å². The van der Waals surface area contributed by atoms with E-state index >= 15 is 0 Å². The van der Waals surface area contributed by atoms with Crippen molar-refractivity contribution < 1.29 is 19.1 Å². The van der Waals surface area contributed by atoms with Crippen molar-refractivity contribution in [3.05, 3.63) is 51.6 Å². The zero-order valence-corrected chi connectivity index (χ0v) is 16.5. The van der Waals surface area contributed by atoms with Gasteiger partial charge in [0, 0.05) is 18.7 Å². The molecule has 2 rings (SSSR count). The van der Waals surface area contributed by atoms with Gasteiger partial charge in [0.25, 0.3) is 0 Å². The fourth-order valence-corrected chi connectivity index (χ4v) is 3.10. The Bertz CT molecular complexity index is 866. The van der Waals surface area contributed by atoms with Gasteiger partial charge in [-0.3, -0.25) is 14.3 Å². The number of carbonyl (C=O) groups excluding carboxylic acids is 1. The summed E-state index contributed by atoms with van der Waals surface area (Å²) in [4.78, 5) is 23.8. The van der Waals surface area contributed by atoms with Crippen LogP contribution in [0.1, 0.15) is 41.9 Å². The summed E-state index contributed by atoms with van der Waals surface area (Å²) in [7, 11) is 1.84. The van der Waals surface area contributed by atoms with Crippen molar-refractivity contribution >= 4 is 23.5 Å². The SMILES string of the molecule is Cc1nn(C)c(C)c1CC(C)C(=O)NC(CC(=O)O)c1ccc(Cl)c(F)c1. The number of carboxylic acids is 1. The predicted octanol–water partition coefficient (Wildman–Crippen LogP) is 3.34. The number of carbonyl (C=O) groups is 2. The molecule has 2 atom stereocenters. The highest BCUT2D eigenvalue weighted by atomic mass is 35.5. The lowest BCUT2D eigenvalue weighted by molar-refractivity contribution is -0.137. The summed E-state index contributed by atoms with van der Waals surface area (Å²) in [6, 6.07) is 3.16. The van der Waals surface area contributed by atoms with Crippen LogP contribution in [0.25, 0.3) is 0 Å². The zero-order chi connectivity index (χ0) is 20.3. The number of aromatic nitrogens is 2. The van der Waals surface area contributed by atoms with Gasteiger partial charge in [-0.1, -0.05) is 24.6 Å². The summed E-state index contributed by atoms with van der Waals surface area (Å²) < 4.78 is 15.5. The highest BCUT2D eigenvalue weighted by molar-refractivity contribution is 6.30. The van der Waals surface area contributed by atoms with Gasteiger partial charge in [0.1, 0.15) is 5.82 Å². The summed E-state index contributed by atoms with van der Waals surface area (Å²) in [6.07, 6.45) is 0.122. The van der Waals surface area contributed by atoms with Crippen molar-refractivity contribution in [2.24, 2.45) is 13.0 Å². The molecule has 27 heavy (non-hydrogen) atoms. The molecule has 1 amide bonds. The number of hydrogen-bond acceptors (Lipinski definition) is 3. The van der Waals surface area contributed by atoms with Crippen molar-refractivity contribution in [1.29, 1.82) is 0 Å². The van der Waals surface area contributed by atoms with E-state index in [0.29, 0.717) is 12.0 Å². The Balaban J connectivity index is 2.17. The molecule has 0 bridgehead atoms. The molecule has 0 radical (unpaired) electrons. The minimum Gasteiger partial charge on any atom is -0.481 e. The van der Waals surface area contributed by atoms with E-state index in [9.17, 15) is 14.0 Å². The number of aryl methyl sites for hydroxylation is 2. The van der Waals surface area contributed by atoms with E-state index in [4.69, 9.17) is 16.7 Å². The topological polar surface area (TPSA) is 84.2 Å². The molecule has 0 saturated heterocycles. The van der Waals surface area contributed by atoms with E-state index in [2.05, 4.69) is 10.4 Å². The Morgan fingerprint density at radius 2 is 2.04 bits per heavy atom. The van der Waals surface area contributed by atoms with Crippen LogP contribution in [0.15, 0.2) is 18.2 Å². The average Bonchev–Trinajstić information content (AvgIpc) is 2.82. The van der Waals surface area contributed by atoms with E-state index in [-0.39, 0.29) is 17.4 Å². The molecule has 2 N–H and O–H groups in total. The van der Waals surface area contributed by atoms with E-state index in [0.717, 1.165) is 23.0 Å². The van der Waals surface area contributed by atoms with Crippen LogP contribution in [0.3, 0.4) is 0 Å². The number of nitrogens with zero attached hydrogens (tertiary/aromatic N) is 2. The Morgan fingerprint density at radius 3 is 2.56 bits per heavy atom. The van der Waals surface area contributed by atoms with E-state index in [1.165, 1.54) is 12.1 Å². The predicted molar refractivity (Wildman–Crippen MR) is 100 cm³/mol. The van der Waals surface area contributed by atoms with Gasteiger partial charge in [0.05, 0.1) is 23.2 Å². The number of aliphatic carboxylic acids is 1. The Labute approximate surface area is 162 Å². The molecule has 1 aromatic heterocycles. The van der Waals surface area contributed by atoms with Crippen molar-refractivity contribution in [2.75, 3.05) is 0 Å². The van der Waals surface area contributed by atoms with Crippen LogP contribution in [0.5, 0.6) is 0 Å². The highest BCUT2D eigenvalue weighted by Crippen LogP contribution is 2.24. The molecule has 1 aromatic carbocycles. The van der Waals surface area contributed by atoms with Gasteiger partial charge in [0.2, 0.25) is 5.91 Å². The maximum atomic E-state index is 13.8. The van der Waals surface area contributed by atoms with Crippen LogP contribution in [0.2, 0.25) is 5.02 Å². The number of rotatable bonds is 7. The Morgan fingerprint density at radius 1 is 1.37 bits per heavy atom. The molecule has 2 aromatic rings. The second-order valence-electron chi connectivity index (χ2n) is 6.71. The van der Waals surface area contributed by atoms with Crippen LogP contribution < -0.4 is 5.32 Å².